The highest BCUT2D eigenvalue weighted by Gasteiger charge is 2.27. The quantitative estimate of drug-likeness (QED) is 0.563. The van der Waals surface area contributed by atoms with Gasteiger partial charge < -0.3 is 20.1 Å². The van der Waals surface area contributed by atoms with Gasteiger partial charge in [-0.1, -0.05) is 29.8 Å². The van der Waals surface area contributed by atoms with Crippen molar-refractivity contribution in [3.63, 3.8) is 0 Å². The van der Waals surface area contributed by atoms with E-state index in [1.165, 1.54) is 0 Å². The van der Waals surface area contributed by atoms with E-state index < -0.39 is 0 Å². The molecule has 1 saturated heterocycles. The summed E-state index contributed by atoms with van der Waals surface area (Å²) >= 11 is 0. The van der Waals surface area contributed by atoms with Crippen molar-refractivity contribution < 1.29 is 9.59 Å². The fourth-order valence-corrected chi connectivity index (χ4v) is 4.37. The lowest BCUT2D eigenvalue weighted by molar-refractivity contribution is -0.132. The SMILES string of the molecule is Cc1ccc(NC(=O)N(CCC(=O)N2CCC(c3nc4ccccc4[nH]3)CC2)C(C)C)cc1. The number of aromatic amines is 1. The minimum Gasteiger partial charge on any atom is -0.343 e. The molecule has 1 fully saturated rings. The van der Waals surface area contributed by atoms with Gasteiger partial charge in [0, 0.05) is 43.7 Å². The maximum absolute atomic E-state index is 12.9. The van der Waals surface area contributed by atoms with Crippen molar-refractivity contribution >= 4 is 28.7 Å². The maximum atomic E-state index is 12.9. The number of hydrogen-bond acceptors (Lipinski definition) is 3. The van der Waals surface area contributed by atoms with Crippen molar-refractivity contribution in [2.45, 2.75) is 52.0 Å². The van der Waals surface area contributed by atoms with Crippen LogP contribution < -0.4 is 5.32 Å². The van der Waals surface area contributed by atoms with E-state index in [-0.39, 0.29) is 18.0 Å². The monoisotopic (exact) mass is 447 g/mol. The molecule has 1 aliphatic heterocycles. The maximum Gasteiger partial charge on any atom is 0.322 e. The van der Waals surface area contributed by atoms with Gasteiger partial charge in [0.25, 0.3) is 0 Å². The molecule has 0 radical (unpaired) electrons. The largest absolute Gasteiger partial charge is 0.343 e. The summed E-state index contributed by atoms with van der Waals surface area (Å²) in [5, 5.41) is 2.94. The van der Waals surface area contributed by atoms with Crippen molar-refractivity contribution in [2.24, 2.45) is 0 Å². The van der Waals surface area contributed by atoms with Gasteiger partial charge in [0.05, 0.1) is 11.0 Å². The Morgan fingerprint density at radius 2 is 1.82 bits per heavy atom. The molecule has 2 N–H and O–H groups in total. The van der Waals surface area contributed by atoms with Crippen molar-refractivity contribution in [1.29, 1.82) is 0 Å². The number of H-pyrrole nitrogens is 1. The Hall–Kier alpha value is -3.35. The number of nitrogens with zero attached hydrogens (tertiary/aromatic N) is 3. The van der Waals surface area contributed by atoms with Crippen LogP contribution >= 0.6 is 0 Å². The molecule has 0 atom stereocenters. The number of aromatic nitrogens is 2. The van der Waals surface area contributed by atoms with Gasteiger partial charge in [0.1, 0.15) is 5.82 Å². The number of urea groups is 1. The fraction of sp³-hybridized carbons (Fsp3) is 0.423. The number of benzene rings is 2. The van der Waals surface area contributed by atoms with Crippen LogP contribution in [-0.2, 0) is 4.79 Å². The highest BCUT2D eigenvalue weighted by molar-refractivity contribution is 5.90. The highest BCUT2D eigenvalue weighted by Crippen LogP contribution is 2.28. The molecule has 3 aromatic rings. The summed E-state index contributed by atoms with van der Waals surface area (Å²) in [6.45, 7) is 7.79. The molecule has 3 amide bonds. The topological polar surface area (TPSA) is 81.3 Å². The molecule has 7 nitrogen and oxygen atoms in total. The molecule has 33 heavy (non-hydrogen) atoms. The standard InChI is InChI=1S/C26H33N5O2/c1-18(2)31(26(33)27-21-10-8-19(3)9-11-21)17-14-24(32)30-15-12-20(13-16-30)25-28-22-6-4-5-7-23(22)29-25/h4-11,18,20H,12-17H2,1-3H3,(H,27,33)(H,28,29). The van der Waals surface area contributed by atoms with Crippen LogP contribution in [0.1, 0.15) is 50.4 Å². The molecule has 0 spiro atoms. The van der Waals surface area contributed by atoms with Crippen LogP contribution in [0.3, 0.4) is 0 Å². The van der Waals surface area contributed by atoms with Crippen LogP contribution in [0.25, 0.3) is 11.0 Å². The average Bonchev–Trinajstić information content (AvgIpc) is 3.25. The number of nitrogens with one attached hydrogen (secondary N) is 2. The van der Waals surface area contributed by atoms with E-state index in [4.69, 9.17) is 4.98 Å². The second kappa shape index (κ2) is 10.1. The molecular weight excluding hydrogens is 414 g/mol. The third-order valence-electron chi connectivity index (χ3n) is 6.40. The average molecular weight is 448 g/mol. The lowest BCUT2D eigenvalue weighted by Crippen LogP contribution is -2.44. The van der Waals surface area contributed by atoms with E-state index in [0.29, 0.717) is 18.9 Å². The van der Waals surface area contributed by atoms with Crippen molar-refractivity contribution in [3.8, 4) is 0 Å². The number of carbonyl (C=O) groups is 2. The molecule has 0 unspecified atom stereocenters. The Balaban J connectivity index is 1.28. The van der Waals surface area contributed by atoms with Crippen LogP contribution in [0.4, 0.5) is 10.5 Å². The number of imidazole rings is 1. The summed E-state index contributed by atoms with van der Waals surface area (Å²) in [6.07, 6.45) is 2.12. The molecule has 4 rings (SSSR count). The Bertz CT molecular complexity index is 1060. The van der Waals surface area contributed by atoms with E-state index in [9.17, 15) is 9.59 Å². The molecule has 7 heteroatoms. The summed E-state index contributed by atoms with van der Waals surface area (Å²) in [5.74, 6) is 1.46. The summed E-state index contributed by atoms with van der Waals surface area (Å²) in [4.78, 5) is 37.5. The Morgan fingerprint density at radius 3 is 2.48 bits per heavy atom. The van der Waals surface area contributed by atoms with Gasteiger partial charge in [-0.3, -0.25) is 4.79 Å². The van der Waals surface area contributed by atoms with Crippen molar-refractivity contribution in [2.75, 3.05) is 25.0 Å². The van der Waals surface area contributed by atoms with Crippen LogP contribution in [-0.4, -0.2) is 57.4 Å². The molecule has 0 bridgehead atoms. The van der Waals surface area contributed by atoms with Gasteiger partial charge in [-0.25, -0.2) is 9.78 Å². The van der Waals surface area contributed by atoms with Gasteiger partial charge in [0.15, 0.2) is 0 Å². The highest BCUT2D eigenvalue weighted by atomic mass is 16.2. The molecule has 2 aromatic carbocycles. The molecule has 2 heterocycles. The number of rotatable bonds is 6. The van der Waals surface area contributed by atoms with E-state index in [1.807, 2.05) is 74.2 Å². The summed E-state index contributed by atoms with van der Waals surface area (Å²) in [7, 11) is 0. The number of likely N-dealkylation sites (tertiary alicyclic amines) is 1. The first-order chi connectivity index (χ1) is 15.9. The number of piperidine rings is 1. The van der Waals surface area contributed by atoms with E-state index in [1.54, 1.807) is 4.90 Å². The minimum absolute atomic E-state index is 0.00192. The molecular formula is C26H33N5O2. The smallest absolute Gasteiger partial charge is 0.322 e. The number of amides is 3. The zero-order valence-electron chi connectivity index (χ0n) is 19.7. The third-order valence-corrected chi connectivity index (χ3v) is 6.40. The minimum atomic E-state index is -0.176. The van der Waals surface area contributed by atoms with Crippen LogP contribution in [0.15, 0.2) is 48.5 Å². The number of hydrogen-bond donors (Lipinski definition) is 2. The number of para-hydroxylation sites is 2. The predicted octanol–water partition coefficient (Wildman–Crippen LogP) is 4.91. The lowest BCUT2D eigenvalue weighted by atomic mass is 9.96. The second-order valence-corrected chi connectivity index (χ2v) is 9.13. The third kappa shape index (κ3) is 5.53. The Kier molecular flexibility index (Phi) is 6.96. The van der Waals surface area contributed by atoms with E-state index in [2.05, 4.69) is 10.3 Å². The van der Waals surface area contributed by atoms with Gasteiger partial charge in [-0.05, 0) is 57.9 Å². The predicted molar refractivity (Wildman–Crippen MR) is 131 cm³/mol. The first-order valence-electron chi connectivity index (χ1n) is 11.8. The van der Waals surface area contributed by atoms with Gasteiger partial charge in [-0.2, -0.15) is 0 Å². The number of anilines is 1. The molecule has 0 aliphatic carbocycles. The summed E-state index contributed by atoms with van der Waals surface area (Å²) in [5.41, 5.74) is 3.95. The number of fused-ring (bicyclic) bond motifs is 1. The Morgan fingerprint density at radius 1 is 1.12 bits per heavy atom. The van der Waals surface area contributed by atoms with Crippen LogP contribution in [0.2, 0.25) is 0 Å². The molecule has 174 valence electrons. The lowest BCUT2D eigenvalue weighted by Gasteiger charge is -2.32. The Labute approximate surface area is 195 Å². The molecule has 1 aliphatic rings. The first kappa shape index (κ1) is 22.8. The second-order valence-electron chi connectivity index (χ2n) is 9.13. The normalized spacial score (nSPS) is 14.6. The van der Waals surface area contributed by atoms with Gasteiger partial charge in [-0.15, -0.1) is 0 Å². The molecule has 0 saturated carbocycles. The number of carbonyl (C=O) groups excluding carboxylic acids is 2. The first-order valence-corrected chi connectivity index (χ1v) is 11.8. The van der Waals surface area contributed by atoms with Crippen molar-refractivity contribution in [3.05, 3.63) is 59.9 Å². The summed E-state index contributed by atoms with van der Waals surface area (Å²) in [6, 6.07) is 15.6. The van der Waals surface area contributed by atoms with E-state index >= 15 is 0 Å². The van der Waals surface area contributed by atoms with Crippen LogP contribution in [0, 0.1) is 6.92 Å². The van der Waals surface area contributed by atoms with Crippen LogP contribution in [0.5, 0.6) is 0 Å². The van der Waals surface area contributed by atoms with Gasteiger partial charge >= 0.3 is 6.03 Å². The summed E-state index contributed by atoms with van der Waals surface area (Å²) < 4.78 is 0. The van der Waals surface area contributed by atoms with E-state index in [0.717, 1.165) is 54.0 Å². The number of aryl methyl sites for hydroxylation is 1. The fourth-order valence-electron chi connectivity index (χ4n) is 4.37. The van der Waals surface area contributed by atoms with Gasteiger partial charge in [0.2, 0.25) is 5.91 Å². The zero-order chi connectivity index (χ0) is 23.4. The molecule has 1 aromatic heterocycles. The van der Waals surface area contributed by atoms with Crippen molar-refractivity contribution in [1.82, 2.24) is 19.8 Å². The zero-order valence-corrected chi connectivity index (χ0v) is 19.7.